The summed E-state index contributed by atoms with van der Waals surface area (Å²) < 4.78 is 0. The quantitative estimate of drug-likeness (QED) is 0.681. The third-order valence-corrected chi connectivity index (χ3v) is 3.78. The summed E-state index contributed by atoms with van der Waals surface area (Å²) in [6.07, 6.45) is 5.02. The van der Waals surface area contributed by atoms with Crippen molar-refractivity contribution in [2.75, 3.05) is 19.7 Å². The first-order valence-corrected chi connectivity index (χ1v) is 5.93. The monoisotopic (exact) mass is 198 g/mol. The lowest BCUT2D eigenvalue weighted by atomic mass is 9.97. The normalized spacial score (nSPS) is 40.3. The van der Waals surface area contributed by atoms with Gasteiger partial charge >= 0.3 is 0 Å². The molecule has 0 amide bonds. The largest absolute Gasteiger partial charge is 0.395 e. The molecule has 0 aromatic rings. The van der Waals surface area contributed by atoms with Crippen LogP contribution in [0.5, 0.6) is 0 Å². The second-order valence-electron chi connectivity index (χ2n) is 4.67. The standard InChI is InChI=1S/C11H22N2O/c1-9-11(5-2-6-12-9)13-7-3-4-10(13)8-14/h9-12,14H,2-8H2,1H3/t9?,10-,11?/m0/s1. The Morgan fingerprint density at radius 1 is 1.36 bits per heavy atom. The molecule has 3 heteroatoms. The molecule has 2 fully saturated rings. The SMILES string of the molecule is CC1NCCCC1N1CCC[C@H]1CO. The van der Waals surface area contributed by atoms with E-state index in [1.54, 1.807) is 0 Å². The molecule has 0 radical (unpaired) electrons. The molecular weight excluding hydrogens is 176 g/mol. The number of piperidine rings is 1. The highest BCUT2D eigenvalue weighted by Crippen LogP contribution is 2.25. The highest BCUT2D eigenvalue weighted by Gasteiger charge is 2.34. The molecule has 0 aromatic heterocycles. The van der Waals surface area contributed by atoms with E-state index in [9.17, 15) is 5.11 Å². The summed E-state index contributed by atoms with van der Waals surface area (Å²) in [6, 6.07) is 1.68. The fourth-order valence-corrected chi connectivity index (χ4v) is 2.97. The molecule has 2 N–H and O–H groups in total. The van der Waals surface area contributed by atoms with Gasteiger partial charge in [0.05, 0.1) is 6.61 Å². The van der Waals surface area contributed by atoms with Gasteiger partial charge in [0.25, 0.3) is 0 Å². The van der Waals surface area contributed by atoms with Crippen LogP contribution in [0.25, 0.3) is 0 Å². The van der Waals surface area contributed by atoms with E-state index in [4.69, 9.17) is 0 Å². The Bertz CT molecular complexity index is 186. The fourth-order valence-electron chi connectivity index (χ4n) is 2.97. The first kappa shape index (κ1) is 10.4. The molecule has 2 saturated heterocycles. The molecule has 0 spiro atoms. The van der Waals surface area contributed by atoms with Gasteiger partial charge in [-0.3, -0.25) is 4.90 Å². The van der Waals surface area contributed by atoms with Crippen LogP contribution in [-0.2, 0) is 0 Å². The van der Waals surface area contributed by atoms with E-state index in [0.29, 0.717) is 24.7 Å². The summed E-state index contributed by atoms with van der Waals surface area (Å²) in [5.41, 5.74) is 0. The smallest absolute Gasteiger partial charge is 0.0587 e. The Morgan fingerprint density at radius 3 is 2.93 bits per heavy atom. The zero-order valence-corrected chi connectivity index (χ0v) is 9.08. The molecule has 2 heterocycles. The summed E-state index contributed by atoms with van der Waals surface area (Å²) in [5, 5.41) is 12.8. The number of hydrogen-bond acceptors (Lipinski definition) is 3. The highest BCUT2D eigenvalue weighted by molar-refractivity contribution is 4.91. The topological polar surface area (TPSA) is 35.5 Å². The van der Waals surface area contributed by atoms with Gasteiger partial charge in [-0.2, -0.15) is 0 Å². The van der Waals surface area contributed by atoms with Gasteiger partial charge in [0.2, 0.25) is 0 Å². The minimum Gasteiger partial charge on any atom is -0.395 e. The second kappa shape index (κ2) is 4.60. The van der Waals surface area contributed by atoms with Crippen LogP contribution in [0.1, 0.15) is 32.6 Å². The lowest BCUT2D eigenvalue weighted by Crippen LogP contribution is -2.54. The summed E-state index contributed by atoms with van der Waals surface area (Å²) in [7, 11) is 0. The lowest BCUT2D eigenvalue weighted by Gasteiger charge is -2.39. The molecule has 0 bridgehead atoms. The molecule has 2 rings (SSSR count). The number of aliphatic hydroxyl groups excluding tert-OH is 1. The van der Waals surface area contributed by atoms with Crippen molar-refractivity contribution in [2.45, 2.75) is 50.7 Å². The number of nitrogens with zero attached hydrogens (tertiary/aromatic N) is 1. The van der Waals surface area contributed by atoms with Crippen molar-refractivity contribution < 1.29 is 5.11 Å². The first-order valence-electron chi connectivity index (χ1n) is 5.93. The molecule has 2 aliphatic rings. The number of hydrogen-bond donors (Lipinski definition) is 2. The first-order chi connectivity index (χ1) is 6.83. The molecule has 2 unspecified atom stereocenters. The average molecular weight is 198 g/mol. The number of rotatable bonds is 2. The molecule has 3 nitrogen and oxygen atoms in total. The minimum absolute atomic E-state index is 0.337. The van der Waals surface area contributed by atoms with Crippen LogP contribution >= 0.6 is 0 Å². The van der Waals surface area contributed by atoms with Crippen molar-refractivity contribution in [2.24, 2.45) is 0 Å². The van der Waals surface area contributed by atoms with Crippen LogP contribution in [0, 0.1) is 0 Å². The lowest BCUT2D eigenvalue weighted by molar-refractivity contribution is 0.0845. The van der Waals surface area contributed by atoms with E-state index in [0.717, 1.165) is 6.54 Å². The average Bonchev–Trinajstić information content (AvgIpc) is 2.66. The zero-order chi connectivity index (χ0) is 9.97. The van der Waals surface area contributed by atoms with Gasteiger partial charge < -0.3 is 10.4 Å². The fraction of sp³-hybridized carbons (Fsp3) is 1.00. The van der Waals surface area contributed by atoms with Crippen molar-refractivity contribution in [1.82, 2.24) is 10.2 Å². The maximum Gasteiger partial charge on any atom is 0.0587 e. The number of aliphatic hydroxyl groups is 1. The van der Waals surface area contributed by atoms with Crippen LogP contribution in [0.4, 0.5) is 0 Å². The van der Waals surface area contributed by atoms with E-state index in [-0.39, 0.29) is 0 Å². The summed E-state index contributed by atoms with van der Waals surface area (Å²) in [4.78, 5) is 2.52. The summed E-state index contributed by atoms with van der Waals surface area (Å²) >= 11 is 0. The maximum absolute atomic E-state index is 9.29. The van der Waals surface area contributed by atoms with E-state index >= 15 is 0 Å². The predicted octanol–water partition coefficient (Wildman–Crippen LogP) is 0.584. The molecule has 0 aliphatic carbocycles. The third kappa shape index (κ3) is 1.95. The summed E-state index contributed by atoms with van der Waals surface area (Å²) in [6.45, 7) is 4.96. The maximum atomic E-state index is 9.29. The van der Waals surface area contributed by atoms with Gasteiger partial charge in [0, 0.05) is 18.1 Å². The van der Waals surface area contributed by atoms with Gasteiger partial charge in [0.1, 0.15) is 0 Å². The van der Waals surface area contributed by atoms with E-state index in [1.807, 2.05) is 0 Å². The van der Waals surface area contributed by atoms with Crippen molar-refractivity contribution >= 4 is 0 Å². The molecule has 2 aliphatic heterocycles. The highest BCUT2D eigenvalue weighted by atomic mass is 16.3. The van der Waals surface area contributed by atoms with Gasteiger partial charge in [0.15, 0.2) is 0 Å². The number of likely N-dealkylation sites (tertiary alicyclic amines) is 1. The van der Waals surface area contributed by atoms with E-state index < -0.39 is 0 Å². The van der Waals surface area contributed by atoms with Crippen molar-refractivity contribution in [3.63, 3.8) is 0 Å². The van der Waals surface area contributed by atoms with Crippen LogP contribution in [0.2, 0.25) is 0 Å². The zero-order valence-electron chi connectivity index (χ0n) is 9.08. The Balaban J connectivity index is 1.97. The third-order valence-electron chi connectivity index (χ3n) is 3.78. The predicted molar refractivity (Wildman–Crippen MR) is 57.3 cm³/mol. The van der Waals surface area contributed by atoms with Crippen LogP contribution in [0.3, 0.4) is 0 Å². The minimum atomic E-state index is 0.337. The molecule has 82 valence electrons. The Kier molecular flexibility index (Phi) is 3.42. The van der Waals surface area contributed by atoms with Crippen molar-refractivity contribution in [3.8, 4) is 0 Å². The van der Waals surface area contributed by atoms with Gasteiger partial charge in [-0.15, -0.1) is 0 Å². The molecular formula is C11H22N2O. The molecule has 0 saturated carbocycles. The van der Waals surface area contributed by atoms with E-state index in [1.165, 1.54) is 32.2 Å². The molecule has 14 heavy (non-hydrogen) atoms. The summed E-state index contributed by atoms with van der Waals surface area (Å²) in [5.74, 6) is 0. The van der Waals surface area contributed by atoms with Gasteiger partial charge in [-0.05, 0) is 45.7 Å². The number of nitrogens with one attached hydrogen (secondary N) is 1. The molecule has 3 atom stereocenters. The van der Waals surface area contributed by atoms with Gasteiger partial charge in [-0.1, -0.05) is 0 Å². The van der Waals surface area contributed by atoms with Crippen LogP contribution in [-0.4, -0.2) is 47.8 Å². The van der Waals surface area contributed by atoms with Gasteiger partial charge in [-0.25, -0.2) is 0 Å². The Labute approximate surface area is 86.5 Å². The van der Waals surface area contributed by atoms with Crippen molar-refractivity contribution in [3.05, 3.63) is 0 Å². The van der Waals surface area contributed by atoms with Crippen LogP contribution in [0.15, 0.2) is 0 Å². The Morgan fingerprint density at radius 2 is 2.21 bits per heavy atom. The second-order valence-corrected chi connectivity index (χ2v) is 4.67. The van der Waals surface area contributed by atoms with Crippen LogP contribution < -0.4 is 5.32 Å². The van der Waals surface area contributed by atoms with Crippen molar-refractivity contribution in [1.29, 1.82) is 0 Å². The Hall–Kier alpha value is -0.120. The van der Waals surface area contributed by atoms with E-state index in [2.05, 4.69) is 17.1 Å². The molecule has 0 aromatic carbocycles.